The number of aromatic amines is 3. The summed E-state index contributed by atoms with van der Waals surface area (Å²) in [5, 5.41) is 0. The number of fused-ring (bicyclic) bond motifs is 1. The van der Waals surface area contributed by atoms with Crippen LogP contribution in [0.2, 0.25) is 0 Å². The molecule has 0 aliphatic rings. The molecule has 0 aliphatic carbocycles. The van der Waals surface area contributed by atoms with Gasteiger partial charge in [0.2, 0.25) is 10.0 Å². The molecule has 2 aromatic heterocycles. The summed E-state index contributed by atoms with van der Waals surface area (Å²) in [6.45, 7) is 1.85. The number of benzene rings is 2. The molecular formula is C20H19N5O4S. The van der Waals surface area contributed by atoms with Crippen molar-refractivity contribution in [3.63, 3.8) is 0 Å². The van der Waals surface area contributed by atoms with Crippen molar-refractivity contribution >= 4 is 21.1 Å². The van der Waals surface area contributed by atoms with Gasteiger partial charge in [-0.25, -0.2) is 18.1 Å². The van der Waals surface area contributed by atoms with Gasteiger partial charge in [-0.15, -0.1) is 0 Å². The Hall–Kier alpha value is -3.50. The Morgan fingerprint density at radius 3 is 2.37 bits per heavy atom. The third kappa shape index (κ3) is 3.82. The predicted molar refractivity (Wildman–Crippen MR) is 113 cm³/mol. The van der Waals surface area contributed by atoms with Crippen LogP contribution in [0.15, 0.2) is 69.2 Å². The number of sulfonamides is 1. The van der Waals surface area contributed by atoms with Crippen LogP contribution in [0, 0.1) is 0 Å². The van der Waals surface area contributed by atoms with Crippen LogP contribution in [-0.4, -0.2) is 28.4 Å². The van der Waals surface area contributed by atoms with Gasteiger partial charge in [-0.3, -0.25) is 9.59 Å². The van der Waals surface area contributed by atoms with E-state index in [1.807, 2.05) is 37.3 Å². The van der Waals surface area contributed by atoms with Crippen molar-refractivity contribution in [2.75, 3.05) is 0 Å². The van der Waals surface area contributed by atoms with Crippen LogP contribution in [0.25, 0.3) is 22.3 Å². The first-order chi connectivity index (χ1) is 14.4. The monoisotopic (exact) mass is 425 g/mol. The fraction of sp³-hybridized carbons (Fsp3) is 0.150. The normalized spacial score (nSPS) is 12.8. The first-order valence-corrected chi connectivity index (χ1v) is 10.7. The predicted octanol–water partition coefficient (Wildman–Crippen LogP) is 2.04. The topological polar surface area (TPSA) is 141 Å². The highest BCUT2D eigenvalue weighted by Crippen LogP contribution is 2.23. The van der Waals surface area contributed by atoms with Crippen molar-refractivity contribution in [3.05, 3.63) is 81.3 Å². The number of hydrogen-bond donors (Lipinski definition) is 4. The van der Waals surface area contributed by atoms with Crippen molar-refractivity contribution in [2.24, 2.45) is 0 Å². The van der Waals surface area contributed by atoms with Crippen LogP contribution >= 0.6 is 0 Å². The zero-order valence-electron chi connectivity index (χ0n) is 16.0. The van der Waals surface area contributed by atoms with Gasteiger partial charge in [0.15, 0.2) is 0 Å². The molecule has 0 amide bonds. The second kappa shape index (κ2) is 7.73. The van der Waals surface area contributed by atoms with Gasteiger partial charge in [0.05, 0.1) is 33.9 Å². The number of H-pyrrole nitrogens is 3. The summed E-state index contributed by atoms with van der Waals surface area (Å²) in [7, 11) is -3.91. The lowest BCUT2D eigenvalue weighted by Crippen LogP contribution is -2.30. The number of nitrogens with zero attached hydrogens (tertiary/aromatic N) is 1. The van der Waals surface area contributed by atoms with E-state index in [0.29, 0.717) is 17.8 Å². The molecule has 9 nitrogen and oxygen atoms in total. The van der Waals surface area contributed by atoms with Gasteiger partial charge in [-0.1, -0.05) is 37.3 Å². The van der Waals surface area contributed by atoms with Crippen molar-refractivity contribution in [1.82, 2.24) is 24.7 Å². The van der Waals surface area contributed by atoms with Crippen LogP contribution in [-0.2, 0) is 10.0 Å². The van der Waals surface area contributed by atoms with Gasteiger partial charge < -0.3 is 15.0 Å². The third-order valence-corrected chi connectivity index (χ3v) is 6.19. The van der Waals surface area contributed by atoms with E-state index >= 15 is 0 Å². The zero-order valence-corrected chi connectivity index (χ0v) is 16.8. The molecule has 4 aromatic rings. The minimum atomic E-state index is -3.91. The second-order valence-corrected chi connectivity index (χ2v) is 8.46. The van der Waals surface area contributed by atoms with E-state index in [9.17, 15) is 18.0 Å². The number of hydrogen-bond acceptors (Lipinski definition) is 5. The van der Waals surface area contributed by atoms with E-state index in [1.165, 1.54) is 18.2 Å². The van der Waals surface area contributed by atoms with Crippen molar-refractivity contribution in [2.45, 2.75) is 24.3 Å². The molecule has 154 valence electrons. The Morgan fingerprint density at radius 1 is 0.967 bits per heavy atom. The molecule has 2 heterocycles. The number of imidazole rings is 1. The summed E-state index contributed by atoms with van der Waals surface area (Å²) in [5.41, 5.74) is 0.649. The Balaban J connectivity index is 1.64. The molecule has 0 radical (unpaired) electrons. The number of nitrogens with one attached hydrogen (secondary N) is 4. The lowest BCUT2D eigenvalue weighted by atomic mass is 10.2. The summed E-state index contributed by atoms with van der Waals surface area (Å²) < 4.78 is 28.5. The lowest BCUT2D eigenvalue weighted by molar-refractivity contribution is 0.539. The van der Waals surface area contributed by atoms with Crippen LogP contribution < -0.4 is 15.8 Å². The Kier molecular flexibility index (Phi) is 5.10. The maximum Gasteiger partial charge on any atom is 0.314 e. The fourth-order valence-electron chi connectivity index (χ4n) is 3.13. The fourth-order valence-corrected chi connectivity index (χ4v) is 4.44. The molecule has 10 heteroatoms. The molecule has 1 unspecified atom stereocenters. The average molecular weight is 425 g/mol. The summed E-state index contributed by atoms with van der Waals surface area (Å²) in [4.78, 5) is 35.2. The molecule has 0 aliphatic heterocycles. The molecule has 0 bridgehead atoms. The van der Waals surface area contributed by atoms with Gasteiger partial charge in [0, 0.05) is 0 Å². The van der Waals surface area contributed by atoms with Crippen LogP contribution in [0.1, 0.15) is 25.2 Å². The highest BCUT2D eigenvalue weighted by Gasteiger charge is 2.23. The number of rotatable bonds is 6. The van der Waals surface area contributed by atoms with E-state index in [1.54, 1.807) is 6.20 Å². The molecule has 2 aromatic carbocycles. The molecule has 0 saturated heterocycles. The van der Waals surface area contributed by atoms with Crippen molar-refractivity contribution in [3.8, 4) is 11.3 Å². The summed E-state index contributed by atoms with van der Waals surface area (Å²) in [6.07, 6.45) is 2.14. The lowest BCUT2D eigenvalue weighted by Gasteiger charge is -2.15. The SMILES string of the molecule is CCC(NS(=O)(=O)c1ccc2[nH]c(=O)c(=O)[nH]c2c1)c1ncc(-c2ccccc2)[nH]1. The molecule has 4 rings (SSSR count). The smallest absolute Gasteiger partial charge is 0.314 e. The quantitative estimate of drug-likeness (QED) is 0.350. The molecule has 4 N–H and O–H groups in total. The van der Waals surface area contributed by atoms with E-state index < -0.39 is 27.2 Å². The van der Waals surface area contributed by atoms with E-state index in [0.717, 1.165) is 11.3 Å². The van der Waals surface area contributed by atoms with Gasteiger partial charge in [-0.05, 0) is 30.2 Å². The van der Waals surface area contributed by atoms with Gasteiger partial charge in [0.25, 0.3) is 0 Å². The Labute approximate surface area is 171 Å². The number of aromatic nitrogens is 4. The minimum absolute atomic E-state index is 0.0361. The first kappa shape index (κ1) is 19.8. The summed E-state index contributed by atoms with van der Waals surface area (Å²) in [5.74, 6) is 0.499. The van der Waals surface area contributed by atoms with Crippen LogP contribution in [0.3, 0.4) is 0 Å². The van der Waals surface area contributed by atoms with Gasteiger partial charge in [-0.2, -0.15) is 0 Å². The standard InChI is InChI=1S/C20H19N5O4S/c1-2-14(18-21-11-17(22-18)12-6-4-3-5-7-12)25-30(28,29)13-8-9-15-16(10-13)24-20(27)19(26)23-15/h3-11,14,25H,2H2,1H3,(H,21,22)(H,23,26)(H,24,27). The highest BCUT2D eigenvalue weighted by atomic mass is 32.2. The zero-order chi connectivity index (χ0) is 21.3. The maximum absolute atomic E-state index is 12.9. The van der Waals surface area contributed by atoms with E-state index in [4.69, 9.17) is 0 Å². The van der Waals surface area contributed by atoms with Crippen molar-refractivity contribution in [1.29, 1.82) is 0 Å². The van der Waals surface area contributed by atoms with E-state index in [2.05, 4.69) is 24.7 Å². The highest BCUT2D eigenvalue weighted by molar-refractivity contribution is 7.89. The molecule has 30 heavy (non-hydrogen) atoms. The van der Waals surface area contributed by atoms with E-state index in [-0.39, 0.29) is 10.4 Å². The Morgan fingerprint density at radius 2 is 1.67 bits per heavy atom. The van der Waals surface area contributed by atoms with Gasteiger partial charge >= 0.3 is 11.1 Å². The van der Waals surface area contributed by atoms with Crippen molar-refractivity contribution < 1.29 is 8.42 Å². The molecular weight excluding hydrogens is 406 g/mol. The molecule has 0 saturated carbocycles. The van der Waals surface area contributed by atoms with Crippen LogP contribution in [0.5, 0.6) is 0 Å². The van der Waals surface area contributed by atoms with Gasteiger partial charge in [0.1, 0.15) is 5.82 Å². The molecule has 0 fully saturated rings. The summed E-state index contributed by atoms with van der Waals surface area (Å²) in [6, 6.07) is 13.1. The molecule has 0 spiro atoms. The first-order valence-electron chi connectivity index (χ1n) is 9.26. The Bertz CT molecular complexity index is 1420. The minimum Gasteiger partial charge on any atom is -0.341 e. The second-order valence-electron chi connectivity index (χ2n) is 6.75. The summed E-state index contributed by atoms with van der Waals surface area (Å²) >= 11 is 0. The molecule has 1 atom stereocenters. The largest absolute Gasteiger partial charge is 0.341 e. The maximum atomic E-state index is 12.9. The third-order valence-electron chi connectivity index (χ3n) is 4.72. The van der Waals surface area contributed by atoms with Crippen LogP contribution in [0.4, 0.5) is 0 Å². The average Bonchev–Trinajstić information content (AvgIpc) is 3.23.